The number of aryl methyl sites for hydroxylation is 1. The minimum atomic E-state index is 0.0466. The van der Waals surface area contributed by atoms with Gasteiger partial charge in [0.2, 0.25) is 5.91 Å². The van der Waals surface area contributed by atoms with Gasteiger partial charge in [0, 0.05) is 24.6 Å². The number of hydrogen-bond acceptors (Lipinski definition) is 2. The van der Waals surface area contributed by atoms with E-state index in [1.807, 2.05) is 45.9 Å². The van der Waals surface area contributed by atoms with Crippen LogP contribution in [0.2, 0.25) is 0 Å². The largest absolute Gasteiger partial charge is 0.312 e. The van der Waals surface area contributed by atoms with E-state index < -0.39 is 0 Å². The van der Waals surface area contributed by atoms with Crippen LogP contribution in [-0.4, -0.2) is 22.0 Å². The summed E-state index contributed by atoms with van der Waals surface area (Å²) in [5, 5.41) is 0. The van der Waals surface area contributed by atoms with Crippen molar-refractivity contribution in [1.82, 2.24) is 9.55 Å². The Hall–Kier alpha value is -3.10. The molecule has 1 aliphatic heterocycles. The summed E-state index contributed by atoms with van der Waals surface area (Å²) in [5.41, 5.74) is 7.00. The Morgan fingerprint density at radius 1 is 1.23 bits per heavy atom. The van der Waals surface area contributed by atoms with Crippen LogP contribution < -0.4 is 4.90 Å². The van der Waals surface area contributed by atoms with Crippen LogP contribution in [0, 0.1) is 0 Å². The molecule has 1 aromatic heterocycles. The fourth-order valence-corrected chi connectivity index (χ4v) is 3.62. The third-order valence-corrected chi connectivity index (χ3v) is 4.99. The highest BCUT2D eigenvalue weighted by Gasteiger charge is 2.34. The molecule has 1 atom stereocenters. The number of nitrogens with zero attached hydrogens (tertiary/aromatic N) is 3. The second kappa shape index (κ2) is 6.66. The third-order valence-electron chi connectivity index (χ3n) is 4.99. The molecule has 0 N–H and O–H groups in total. The van der Waals surface area contributed by atoms with Crippen molar-refractivity contribution in [3.63, 3.8) is 0 Å². The van der Waals surface area contributed by atoms with Crippen LogP contribution in [-0.2, 0) is 11.2 Å². The molecule has 0 aliphatic carbocycles. The standard InChI is InChI=1S/C22H21N3O/c1-3-13-24-20-8-6-5-7-19(20)23-22(24)17-14-21(26)25(15-17)18-11-9-16(4-2)10-12-18/h5-13,17H,1,4,14-15H2,2H3. The van der Waals surface area contributed by atoms with Crippen LogP contribution in [0.15, 0.2) is 60.8 Å². The number of carbonyl (C=O) groups excluding carboxylic acids is 1. The molecular formula is C22H21N3O. The van der Waals surface area contributed by atoms with Crippen molar-refractivity contribution in [2.75, 3.05) is 11.4 Å². The number of anilines is 1. The summed E-state index contributed by atoms with van der Waals surface area (Å²) in [6.45, 7) is 6.46. The van der Waals surface area contributed by atoms with Gasteiger partial charge in [0.1, 0.15) is 5.82 Å². The third kappa shape index (κ3) is 2.75. The molecule has 0 spiro atoms. The highest BCUT2D eigenvalue weighted by molar-refractivity contribution is 5.96. The molecule has 2 aromatic carbocycles. The number of fused-ring (bicyclic) bond motifs is 1. The Labute approximate surface area is 153 Å². The summed E-state index contributed by atoms with van der Waals surface area (Å²) in [6.07, 6.45) is 3.26. The molecule has 0 saturated carbocycles. The molecule has 0 bridgehead atoms. The monoisotopic (exact) mass is 343 g/mol. The van der Waals surface area contributed by atoms with Crippen molar-refractivity contribution in [2.24, 2.45) is 0 Å². The molecule has 4 rings (SSSR count). The highest BCUT2D eigenvalue weighted by atomic mass is 16.2. The summed E-state index contributed by atoms with van der Waals surface area (Å²) in [5.74, 6) is 1.08. The first-order chi connectivity index (χ1) is 12.7. The zero-order valence-corrected chi connectivity index (χ0v) is 14.9. The first-order valence-corrected chi connectivity index (χ1v) is 8.93. The zero-order chi connectivity index (χ0) is 18.1. The maximum Gasteiger partial charge on any atom is 0.227 e. The molecule has 1 fully saturated rings. The van der Waals surface area contributed by atoms with Gasteiger partial charge in [-0.2, -0.15) is 0 Å². The minimum absolute atomic E-state index is 0.0466. The van der Waals surface area contributed by atoms with Gasteiger partial charge in [0.15, 0.2) is 0 Å². The highest BCUT2D eigenvalue weighted by Crippen LogP contribution is 2.33. The van der Waals surface area contributed by atoms with Crippen molar-refractivity contribution in [1.29, 1.82) is 0 Å². The van der Waals surface area contributed by atoms with Crippen molar-refractivity contribution < 1.29 is 4.79 Å². The van der Waals surface area contributed by atoms with Crippen LogP contribution in [0.3, 0.4) is 0 Å². The molecule has 1 saturated heterocycles. The normalized spacial score (nSPS) is 16.9. The molecule has 1 amide bonds. The van der Waals surface area contributed by atoms with Crippen LogP contribution in [0.5, 0.6) is 0 Å². The van der Waals surface area contributed by atoms with Gasteiger partial charge < -0.3 is 4.90 Å². The smallest absolute Gasteiger partial charge is 0.227 e. The molecule has 1 aliphatic rings. The van der Waals surface area contributed by atoms with Gasteiger partial charge in [0.25, 0.3) is 0 Å². The minimum Gasteiger partial charge on any atom is -0.312 e. The molecular weight excluding hydrogens is 322 g/mol. The van der Waals surface area contributed by atoms with Gasteiger partial charge in [-0.15, -0.1) is 5.73 Å². The summed E-state index contributed by atoms with van der Waals surface area (Å²) in [6, 6.07) is 16.2. The topological polar surface area (TPSA) is 38.1 Å². The molecule has 0 radical (unpaired) electrons. The van der Waals surface area contributed by atoms with Gasteiger partial charge in [-0.1, -0.05) is 37.8 Å². The molecule has 4 nitrogen and oxygen atoms in total. The molecule has 2 heterocycles. The van der Waals surface area contributed by atoms with Crippen molar-refractivity contribution in [2.45, 2.75) is 25.7 Å². The Balaban J connectivity index is 1.69. The predicted molar refractivity (Wildman–Crippen MR) is 105 cm³/mol. The number of para-hydroxylation sites is 2. The summed E-state index contributed by atoms with van der Waals surface area (Å²) in [7, 11) is 0. The van der Waals surface area contributed by atoms with Crippen molar-refractivity contribution in [3.05, 3.63) is 72.2 Å². The lowest BCUT2D eigenvalue weighted by Gasteiger charge is -2.17. The Morgan fingerprint density at radius 2 is 2.00 bits per heavy atom. The maximum atomic E-state index is 12.6. The number of imidazole rings is 1. The van der Waals surface area contributed by atoms with E-state index in [9.17, 15) is 4.79 Å². The van der Waals surface area contributed by atoms with Crippen molar-refractivity contribution in [3.8, 4) is 0 Å². The lowest BCUT2D eigenvalue weighted by Crippen LogP contribution is -2.24. The van der Waals surface area contributed by atoms with Gasteiger partial charge in [0.05, 0.1) is 17.2 Å². The quantitative estimate of drug-likeness (QED) is 0.660. The Kier molecular flexibility index (Phi) is 4.19. The zero-order valence-electron chi connectivity index (χ0n) is 14.9. The van der Waals surface area contributed by atoms with Gasteiger partial charge in [-0.25, -0.2) is 4.98 Å². The summed E-state index contributed by atoms with van der Waals surface area (Å²) < 4.78 is 2.00. The first kappa shape index (κ1) is 16.4. The first-order valence-electron chi connectivity index (χ1n) is 8.93. The SMILES string of the molecule is C=C=Cn1c(C2CC(=O)N(c3ccc(CC)cc3)C2)nc2ccccc21. The Bertz CT molecular complexity index is 1010. The fourth-order valence-electron chi connectivity index (χ4n) is 3.62. The van der Waals surface area contributed by atoms with E-state index in [1.54, 1.807) is 6.20 Å². The van der Waals surface area contributed by atoms with E-state index >= 15 is 0 Å². The fraction of sp³-hybridized carbons (Fsp3) is 0.227. The lowest BCUT2D eigenvalue weighted by molar-refractivity contribution is -0.117. The van der Waals surface area contributed by atoms with Crippen LogP contribution >= 0.6 is 0 Å². The van der Waals surface area contributed by atoms with E-state index in [1.165, 1.54) is 5.56 Å². The Morgan fingerprint density at radius 3 is 2.73 bits per heavy atom. The van der Waals surface area contributed by atoms with E-state index in [4.69, 9.17) is 4.98 Å². The lowest BCUT2D eigenvalue weighted by atomic mass is 10.1. The molecule has 130 valence electrons. The number of hydrogen-bond donors (Lipinski definition) is 0. The number of amides is 1. The average Bonchev–Trinajstić information content (AvgIpc) is 3.23. The second-order valence-electron chi connectivity index (χ2n) is 6.59. The number of aromatic nitrogens is 2. The number of benzene rings is 2. The molecule has 3 aromatic rings. The molecule has 4 heteroatoms. The summed E-state index contributed by atoms with van der Waals surface area (Å²) >= 11 is 0. The number of rotatable bonds is 4. The van der Waals surface area contributed by atoms with E-state index in [-0.39, 0.29) is 11.8 Å². The van der Waals surface area contributed by atoms with Crippen molar-refractivity contribution >= 4 is 28.8 Å². The van der Waals surface area contributed by atoms with Crippen LogP contribution in [0.25, 0.3) is 17.2 Å². The van der Waals surface area contributed by atoms with Crippen LogP contribution in [0.1, 0.15) is 30.7 Å². The maximum absolute atomic E-state index is 12.6. The molecule has 1 unspecified atom stereocenters. The summed E-state index contributed by atoms with van der Waals surface area (Å²) in [4.78, 5) is 19.3. The number of carbonyl (C=O) groups is 1. The van der Waals surface area contributed by atoms with E-state index in [0.29, 0.717) is 13.0 Å². The van der Waals surface area contributed by atoms with Gasteiger partial charge >= 0.3 is 0 Å². The van der Waals surface area contributed by atoms with E-state index in [2.05, 4.69) is 31.4 Å². The van der Waals surface area contributed by atoms with Crippen LogP contribution in [0.4, 0.5) is 5.69 Å². The van der Waals surface area contributed by atoms with E-state index in [0.717, 1.165) is 29.0 Å². The molecule has 26 heavy (non-hydrogen) atoms. The van der Waals surface area contributed by atoms with Gasteiger partial charge in [-0.05, 0) is 36.2 Å². The predicted octanol–water partition coefficient (Wildman–Crippen LogP) is 4.37. The van der Waals surface area contributed by atoms with Gasteiger partial charge in [-0.3, -0.25) is 9.36 Å². The second-order valence-corrected chi connectivity index (χ2v) is 6.59. The average molecular weight is 343 g/mol.